The fourth-order valence-corrected chi connectivity index (χ4v) is 3.13. The number of nitrogens with zero attached hydrogens (tertiary/aromatic N) is 2. The van der Waals surface area contributed by atoms with Crippen LogP contribution >= 0.6 is 15.9 Å². The van der Waals surface area contributed by atoms with Crippen LogP contribution in [0.1, 0.15) is 40.0 Å². The minimum absolute atomic E-state index is 0.217. The lowest BCUT2D eigenvalue weighted by Crippen LogP contribution is -2.36. The van der Waals surface area contributed by atoms with Crippen molar-refractivity contribution in [2.24, 2.45) is 17.8 Å². The van der Waals surface area contributed by atoms with Crippen molar-refractivity contribution in [3.63, 3.8) is 0 Å². The van der Waals surface area contributed by atoms with E-state index in [4.69, 9.17) is 10.5 Å². The molecule has 106 valence electrons. The normalized spacial score (nSPS) is 27.5. The summed E-state index contributed by atoms with van der Waals surface area (Å²) in [4.78, 5) is 8.12. The minimum atomic E-state index is 0.217. The Morgan fingerprint density at radius 3 is 2.84 bits per heavy atom. The third-order valence-electron chi connectivity index (χ3n) is 3.95. The molecule has 1 heterocycles. The number of nitrogen functional groups attached to an aromatic ring is 1. The Balaban J connectivity index is 2.16. The molecule has 1 aromatic rings. The van der Waals surface area contributed by atoms with Crippen molar-refractivity contribution in [2.75, 3.05) is 5.73 Å². The highest BCUT2D eigenvalue weighted by Gasteiger charge is 2.32. The molecule has 0 amide bonds. The minimum Gasteiger partial charge on any atom is -0.473 e. The van der Waals surface area contributed by atoms with E-state index in [9.17, 15) is 0 Å². The van der Waals surface area contributed by atoms with Gasteiger partial charge in [-0.25, -0.2) is 4.98 Å². The van der Waals surface area contributed by atoms with Crippen LogP contribution in [-0.4, -0.2) is 16.1 Å². The largest absolute Gasteiger partial charge is 0.473 e. The monoisotopic (exact) mass is 327 g/mol. The summed E-state index contributed by atoms with van der Waals surface area (Å²) in [5.74, 6) is 2.73. The van der Waals surface area contributed by atoms with Gasteiger partial charge in [0.2, 0.25) is 11.8 Å². The van der Waals surface area contributed by atoms with Gasteiger partial charge in [0.25, 0.3) is 0 Å². The quantitative estimate of drug-likeness (QED) is 0.920. The highest BCUT2D eigenvalue weighted by Crippen LogP contribution is 2.36. The molecule has 0 aliphatic heterocycles. The zero-order valence-corrected chi connectivity index (χ0v) is 13.4. The first-order valence-corrected chi connectivity index (χ1v) is 7.71. The second-order valence-electron chi connectivity index (χ2n) is 5.86. The number of aromatic nitrogens is 2. The zero-order chi connectivity index (χ0) is 14.0. The Morgan fingerprint density at radius 1 is 1.42 bits per heavy atom. The average molecular weight is 328 g/mol. The summed E-state index contributed by atoms with van der Waals surface area (Å²) in [5, 5.41) is 0. The van der Waals surface area contributed by atoms with Crippen molar-refractivity contribution in [3.05, 3.63) is 10.7 Å². The van der Waals surface area contributed by atoms with Crippen molar-refractivity contribution >= 4 is 21.9 Å². The van der Waals surface area contributed by atoms with E-state index in [1.54, 1.807) is 6.20 Å². The Hall–Kier alpha value is -0.840. The smallest absolute Gasteiger partial charge is 0.233 e. The van der Waals surface area contributed by atoms with Gasteiger partial charge in [-0.3, -0.25) is 0 Å². The molecule has 2 rings (SSSR count). The Bertz CT molecular complexity index is 439. The van der Waals surface area contributed by atoms with Gasteiger partial charge in [0.05, 0.1) is 10.7 Å². The number of rotatable bonds is 3. The first-order chi connectivity index (χ1) is 8.97. The Labute approximate surface area is 123 Å². The fraction of sp³-hybridized carbons (Fsp3) is 0.714. The van der Waals surface area contributed by atoms with Crippen molar-refractivity contribution < 1.29 is 4.74 Å². The highest BCUT2D eigenvalue weighted by molar-refractivity contribution is 9.10. The molecule has 1 aliphatic rings. The third-order valence-corrected chi connectivity index (χ3v) is 4.50. The lowest BCUT2D eigenvalue weighted by atomic mass is 9.75. The molecule has 3 atom stereocenters. The van der Waals surface area contributed by atoms with Crippen molar-refractivity contribution in [1.29, 1.82) is 0 Å². The standard InChI is InChI=1S/C14H22BrN3O/c1-8(2)10-5-4-9(3)6-12(10)19-13-11(15)7-17-14(16)18-13/h7-10,12H,4-6H2,1-3H3,(H2,16,17,18). The number of nitrogens with two attached hydrogens (primary N) is 1. The van der Waals surface area contributed by atoms with Gasteiger partial charge in [-0.2, -0.15) is 4.98 Å². The fourth-order valence-electron chi connectivity index (χ4n) is 2.84. The van der Waals surface area contributed by atoms with E-state index in [2.05, 4.69) is 46.7 Å². The Morgan fingerprint density at radius 2 is 2.16 bits per heavy atom. The zero-order valence-electron chi connectivity index (χ0n) is 11.8. The molecule has 0 saturated heterocycles. The van der Waals surface area contributed by atoms with Crippen LogP contribution in [-0.2, 0) is 0 Å². The summed E-state index contributed by atoms with van der Waals surface area (Å²) < 4.78 is 6.90. The molecule has 0 aromatic carbocycles. The van der Waals surface area contributed by atoms with E-state index in [1.165, 1.54) is 12.8 Å². The summed E-state index contributed by atoms with van der Waals surface area (Å²) >= 11 is 3.42. The number of halogens is 1. The van der Waals surface area contributed by atoms with Crippen LogP contribution in [0.2, 0.25) is 0 Å². The average Bonchev–Trinajstić information content (AvgIpc) is 2.33. The number of hydrogen-bond donors (Lipinski definition) is 1. The third kappa shape index (κ3) is 3.59. The molecule has 0 spiro atoms. The van der Waals surface area contributed by atoms with E-state index in [-0.39, 0.29) is 12.1 Å². The van der Waals surface area contributed by atoms with Crippen molar-refractivity contribution in [2.45, 2.75) is 46.1 Å². The first kappa shape index (κ1) is 14.6. The number of anilines is 1. The molecule has 4 nitrogen and oxygen atoms in total. The van der Waals surface area contributed by atoms with Crippen LogP contribution in [0.4, 0.5) is 5.95 Å². The SMILES string of the molecule is CC1CCC(C(C)C)C(Oc2nc(N)ncc2Br)C1. The second-order valence-corrected chi connectivity index (χ2v) is 6.72. The van der Waals surface area contributed by atoms with Crippen LogP contribution in [0.25, 0.3) is 0 Å². The number of hydrogen-bond acceptors (Lipinski definition) is 4. The summed E-state index contributed by atoms with van der Waals surface area (Å²) in [5.41, 5.74) is 5.63. The summed E-state index contributed by atoms with van der Waals surface area (Å²) in [6.45, 7) is 6.82. The Kier molecular flexibility index (Phi) is 4.66. The predicted molar refractivity (Wildman–Crippen MR) is 79.9 cm³/mol. The van der Waals surface area contributed by atoms with E-state index in [0.29, 0.717) is 23.6 Å². The van der Waals surface area contributed by atoms with E-state index in [0.717, 1.165) is 10.9 Å². The molecule has 0 radical (unpaired) electrons. The molecule has 19 heavy (non-hydrogen) atoms. The van der Waals surface area contributed by atoms with Crippen molar-refractivity contribution in [3.8, 4) is 5.88 Å². The van der Waals surface area contributed by atoms with Gasteiger partial charge >= 0.3 is 0 Å². The topological polar surface area (TPSA) is 61.0 Å². The van der Waals surface area contributed by atoms with Crippen LogP contribution in [0, 0.1) is 17.8 Å². The lowest BCUT2D eigenvalue weighted by Gasteiger charge is -2.37. The maximum absolute atomic E-state index is 6.13. The molecule has 5 heteroatoms. The predicted octanol–water partition coefficient (Wildman–Crippen LogP) is 3.66. The highest BCUT2D eigenvalue weighted by atomic mass is 79.9. The van der Waals surface area contributed by atoms with Gasteiger partial charge in [-0.15, -0.1) is 0 Å². The molecule has 1 aromatic heterocycles. The first-order valence-electron chi connectivity index (χ1n) is 6.92. The lowest BCUT2D eigenvalue weighted by molar-refractivity contribution is 0.0420. The van der Waals surface area contributed by atoms with Gasteiger partial charge in [0.15, 0.2) is 0 Å². The van der Waals surface area contributed by atoms with Gasteiger partial charge in [-0.05, 0) is 46.5 Å². The molecule has 0 bridgehead atoms. The molecule has 1 aliphatic carbocycles. The van der Waals surface area contributed by atoms with Gasteiger partial charge in [-0.1, -0.05) is 27.2 Å². The molecular weight excluding hydrogens is 306 g/mol. The van der Waals surface area contributed by atoms with Gasteiger partial charge in [0, 0.05) is 0 Å². The molecule has 2 N–H and O–H groups in total. The summed E-state index contributed by atoms with van der Waals surface area (Å²) in [6.07, 6.45) is 5.46. The second kappa shape index (κ2) is 6.07. The van der Waals surface area contributed by atoms with E-state index < -0.39 is 0 Å². The van der Waals surface area contributed by atoms with E-state index >= 15 is 0 Å². The van der Waals surface area contributed by atoms with Crippen LogP contribution in [0.5, 0.6) is 5.88 Å². The molecule has 1 fully saturated rings. The maximum Gasteiger partial charge on any atom is 0.233 e. The summed E-state index contributed by atoms with van der Waals surface area (Å²) in [6, 6.07) is 0. The molecule has 1 saturated carbocycles. The molecule has 3 unspecified atom stereocenters. The maximum atomic E-state index is 6.13. The van der Waals surface area contributed by atoms with Gasteiger partial charge < -0.3 is 10.5 Å². The van der Waals surface area contributed by atoms with Crippen molar-refractivity contribution in [1.82, 2.24) is 9.97 Å². The number of ether oxygens (including phenoxy) is 1. The van der Waals surface area contributed by atoms with Crippen LogP contribution < -0.4 is 10.5 Å². The molecular formula is C14H22BrN3O. The van der Waals surface area contributed by atoms with Crippen LogP contribution in [0.3, 0.4) is 0 Å². The summed E-state index contributed by atoms with van der Waals surface area (Å²) in [7, 11) is 0. The van der Waals surface area contributed by atoms with Crippen LogP contribution in [0.15, 0.2) is 10.7 Å². The van der Waals surface area contributed by atoms with E-state index in [1.807, 2.05) is 0 Å². The van der Waals surface area contributed by atoms with Gasteiger partial charge in [0.1, 0.15) is 6.10 Å².